The van der Waals surface area contributed by atoms with Crippen molar-refractivity contribution in [3.05, 3.63) is 53.6 Å². The van der Waals surface area contributed by atoms with Crippen LogP contribution >= 0.6 is 0 Å². The molecule has 0 spiro atoms. The largest absolute Gasteiger partial charge is 0.508 e. The summed E-state index contributed by atoms with van der Waals surface area (Å²) in [4.78, 5) is 0. The third-order valence-electron chi connectivity index (χ3n) is 2.88. The average molecular weight is 306 g/mol. The molecule has 2 aromatic rings. The summed E-state index contributed by atoms with van der Waals surface area (Å²) in [5, 5.41) is 12.9. The fourth-order valence-corrected chi connectivity index (χ4v) is 2.52. The molecule has 0 aliphatic rings. The molecule has 0 radical (unpaired) electrons. The minimum Gasteiger partial charge on any atom is -0.508 e. The summed E-state index contributed by atoms with van der Waals surface area (Å²) in [5.41, 5.74) is 3.12. The molecule has 0 atom stereocenters. The molecule has 0 fully saturated rings. The van der Waals surface area contributed by atoms with Crippen LogP contribution in [0.3, 0.4) is 0 Å². The van der Waals surface area contributed by atoms with E-state index in [0.717, 1.165) is 23.1 Å². The monoisotopic (exact) mass is 306 g/mol. The van der Waals surface area contributed by atoms with Crippen molar-refractivity contribution in [2.45, 2.75) is 13.5 Å². The van der Waals surface area contributed by atoms with E-state index in [-0.39, 0.29) is 5.75 Å². The highest BCUT2D eigenvalue weighted by Gasteiger charge is 2.04. The van der Waals surface area contributed by atoms with Crippen molar-refractivity contribution in [1.29, 1.82) is 0 Å². The van der Waals surface area contributed by atoms with E-state index < -0.39 is 10.0 Å². The Morgan fingerprint density at radius 1 is 1.10 bits per heavy atom. The third kappa shape index (κ3) is 4.68. The lowest BCUT2D eigenvalue weighted by Gasteiger charge is -2.11. The van der Waals surface area contributed by atoms with Crippen molar-refractivity contribution < 1.29 is 13.5 Å². The zero-order chi connectivity index (χ0) is 15.5. The Morgan fingerprint density at radius 2 is 1.81 bits per heavy atom. The summed E-state index contributed by atoms with van der Waals surface area (Å²) < 4.78 is 24.8. The Bertz CT molecular complexity index is 742. The number of aromatic hydroxyl groups is 1. The molecule has 6 heteroatoms. The van der Waals surface area contributed by atoms with Gasteiger partial charge in [-0.05, 0) is 31.2 Å². The summed E-state index contributed by atoms with van der Waals surface area (Å²) in [6.07, 6.45) is 1.11. The van der Waals surface area contributed by atoms with E-state index in [2.05, 4.69) is 10.0 Å². The molecule has 0 saturated carbocycles. The molecule has 5 nitrogen and oxygen atoms in total. The topological polar surface area (TPSA) is 78.4 Å². The number of anilines is 2. The molecular formula is C15H18N2O3S. The van der Waals surface area contributed by atoms with E-state index in [1.807, 2.05) is 25.1 Å². The molecule has 21 heavy (non-hydrogen) atoms. The van der Waals surface area contributed by atoms with Gasteiger partial charge in [-0.25, -0.2) is 8.42 Å². The molecule has 0 aliphatic heterocycles. The van der Waals surface area contributed by atoms with E-state index in [1.165, 1.54) is 0 Å². The first kappa shape index (κ1) is 15.2. The fraction of sp³-hybridized carbons (Fsp3) is 0.200. The number of hydrogen-bond donors (Lipinski definition) is 3. The first-order chi connectivity index (χ1) is 9.83. The molecule has 3 N–H and O–H groups in total. The van der Waals surface area contributed by atoms with Gasteiger partial charge in [0.05, 0.1) is 11.9 Å². The normalized spacial score (nSPS) is 11.1. The standard InChI is InChI=1S/C15H18N2O3S/c1-11-6-7-15(18)12(8-11)10-16-13-4-3-5-14(9-13)17-21(2,19)20/h3-9,16-18H,10H2,1-2H3. The maximum atomic E-state index is 11.2. The summed E-state index contributed by atoms with van der Waals surface area (Å²) in [7, 11) is -3.29. The van der Waals surface area contributed by atoms with Crippen molar-refractivity contribution in [1.82, 2.24) is 0 Å². The van der Waals surface area contributed by atoms with Crippen LogP contribution < -0.4 is 10.0 Å². The number of sulfonamides is 1. The molecule has 0 aliphatic carbocycles. The van der Waals surface area contributed by atoms with Gasteiger partial charge in [0, 0.05) is 17.8 Å². The van der Waals surface area contributed by atoms with Crippen LogP contribution in [-0.2, 0) is 16.6 Å². The molecule has 2 rings (SSSR count). The van der Waals surface area contributed by atoms with Crippen LogP contribution in [0.5, 0.6) is 5.75 Å². The van der Waals surface area contributed by atoms with Crippen LogP contribution in [0.4, 0.5) is 11.4 Å². The van der Waals surface area contributed by atoms with Crippen LogP contribution in [0.25, 0.3) is 0 Å². The maximum absolute atomic E-state index is 11.2. The van der Waals surface area contributed by atoms with Crippen LogP contribution in [0.2, 0.25) is 0 Å². The first-order valence-corrected chi connectivity index (χ1v) is 8.33. The second kappa shape index (κ2) is 6.05. The molecule has 0 amide bonds. The third-order valence-corrected chi connectivity index (χ3v) is 3.49. The molecule has 0 heterocycles. The van der Waals surface area contributed by atoms with Crippen LogP contribution in [-0.4, -0.2) is 19.8 Å². The van der Waals surface area contributed by atoms with Gasteiger partial charge in [-0.1, -0.05) is 23.8 Å². The van der Waals surface area contributed by atoms with E-state index in [0.29, 0.717) is 12.2 Å². The fourth-order valence-electron chi connectivity index (χ4n) is 1.96. The maximum Gasteiger partial charge on any atom is 0.229 e. The Labute approximate surface area is 124 Å². The van der Waals surface area contributed by atoms with E-state index >= 15 is 0 Å². The summed E-state index contributed by atoms with van der Waals surface area (Å²) >= 11 is 0. The predicted molar refractivity (Wildman–Crippen MR) is 85.1 cm³/mol. The molecule has 112 valence electrons. The second-order valence-electron chi connectivity index (χ2n) is 4.94. The smallest absolute Gasteiger partial charge is 0.229 e. The minimum absolute atomic E-state index is 0.235. The minimum atomic E-state index is -3.29. The van der Waals surface area contributed by atoms with E-state index in [4.69, 9.17) is 0 Å². The Kier molecular flexibility index (Phi) is 4.37. The summed E-state index contributed by atoms with van der Waals surface area (Å²) in [6.45, 7) is 2.41. The molecule has 0 aromatic heterocycles. The van der Waals surface area contributed by atoms with Crippen LogP contribution in [0.1, 0.15) is 11.1 Å². The molecular weight excluding hydrogens is 288 g/mol. The zero-order valence-corrected chi connectivity index (χ0v) is 12.7. The van der Waals surface area contributed by atoms with Gasteiger partial charge in [0.2, 0.25) is 10.0 Å². The lowest BCUT2D eigenvalue weighted by Crippen LogP contribution is -2.09. The lowest BCUT2D eigenvalue weighted by molar-refractivity contribution is 0.469. The number of rotatable bonds is 5. The second-order valence-corrected chi connectivity index (χ2v) is 6.69. The number of nitrogens with one attached hydrogen (secondary N) is 2. The molecule has 2 aromatic carbocycles. The zero-order valence-electron chi connectivity index (χ0n) is 11.9. The Hall–Kier alpha value is -2.21. The Balaban J connectivity index is 2.10. The molecule has 0 unspecified atom stereocenters. The number of aryl methyl sites for hydroxylation is 1. The van der Waals surface area contributed by atoms with Crippen LogP contribution in [0.15, 0.2) is 42.5 Å². The average Bonchev–Trinajstić information content (AvgIpc) is 2.38. The summed E-state index contributed by atoms with van der Waals surface area (Å²) in [6, 6.07) is 12.4. The highest BCUT2D eigenvalue weighted by molar-refractivity contribution is 7.92. The van der Waals surface area contributed by atoms with E-state index in [1.54, 1.807) is 24.3 Å². The van der Waals surface area contributed by atoms with Gasteiger partial charge in [0.1, 0.15) is 5.75 Å². The van der Waals surface area contributed by atoms with Crippen LogP contribution in [0, 0.1) is 6.92 Å². The number of hydrogen-bond acceptors (Lipinski definition) is 4. The lowest BCUT2D eigenvalue weighted by atomic mass is 10.1. The van der Waals surface area contributed by atoms with Crippen molar-refractivity contribution in [3.63, 3.8) is 0 Å². The van der Waals surface area contributed by atoms with Crippen molar-refractivity contribution in [2.75, 3.05) is 16.3 Å². The number of phenols is 1. The van der Waals surface area contributed by atoms with Crippen molar-refractivity contribution >= 4 is 21.4 Å². The highest BCUT2D eigenvalue weighted by Crippen LogP contribution is 2.21. The van der Waals surface area contributed by atoms with Gasteiger partial charge in [-0.3, -0.25) is 4.72 Å². The van der Waals surface area contributed by atoms with Gasteiger partial charge < -0.3 is 10.4 Å². The first-order valence-electron chi connectivity index (χ1n) is 6.44. The number of benzene rings is 2. The van der Waals surface area contributed by atoms with Gasteiger partial charge in [-0.2, -0.15) is 0 Å². The Morgan fingerprint density at radius 3 is 2.52 bits per heavy atom. The quantitative estimate of drug-likeness (QED) is 0.793. The number of phenolic OH excluding ortho intramolecular Hbond substituents is 1. The van der Waals surface area contributed by atoms with E-state index in [9.17, 15) is 13.5 Å². The van der Waals surface area contributed by atoms with Gasteiger partial charge in [0.25, 0.3) is 0 Å². The van der Waals surface area contributed by atoms with Crippen molar-refractivity contribution in [2.24, 2.45) is 0 Å². The predicted octanol–water partition coefficient (Wildman–Crippen LogP) is 2.68. The molecule has 0 saturated heterocycles. The van der Waals surface area contributed by atoms with Gasteiger partial charge in [-0.15, -0.1) is 0 Å². The van der Waals surface area contributed by atoms with Crippen molar-refractivity contribution in [3.8, 4) is 5.75 Å². The highest BCUT2D eigenvalue weighted by atomic mass is 32.2. The van der Waals surface area contributed by atoms with Gasteiger partial charge in [0.15, 0.2) is 0 Å². The van der Waals surface area contributed by atoms with Gasteiger partial charge >= 0.3 is 0 Å². The SMILES string of the molecule is Cc1ccc(O)c(CNc2cccc(NS(C)(=O)=O)c2)c1. The summed E-state index contributed by atoms with van der Waals surface area (Å²) in [5.74, 6) is 0.235. The molecule has 0 bridgehead atoms.